The molecule has 0 saturated carbocycles. The molecule has 0 amide bonds. The first kappa shape index (κ1) is 13.2. The normalized spacial score (nSPS) is 9.00. The Hall–Kier alpha value is -0.790. The van der Waals surface area contributed by atoms with Gasteiger partial charge in [-0.2, -0.15) is 0 Å². The molecule has 0 aromatic heterocycles. The van der Waals surface area contributed by atoms with Gasteiger partial charge in [-0.1, -0.05) is 42.0 Å². The van der Waals surface area contributed by atoms with E-state index in [1.165, 1.54) is 11.1 Å². The summed E-state index contributed by atoms with van der Waals surface area (Å²) in [5, 5.41) is 3.36. The number of allylic oxidation sites excluding steroid dienone is 1. The molecule has 0 aliphatic heterocycles. The van der Waals surface area contributed by atoms with Gasteiger partial charge in [0.25, 0.3) is 0 Å². The molecule has 0 fully saturated rings. The molecule has 0 saturated heterocycles. The van der Waals surface area contributed by atoms with Crippen LogP contribution >= 0.6 is 12.4 Å². The Balaban J connectivity index is 0.00000169. The summed E-state index contributed by atoms with van der Waals surface area (Å²) in [6.45, 7) is 6.14. The van der Waals surface area contributed by atoms with Gasteiger partial charge in [-0.3, -0.25) is 0 Å². The highest BCUT2D eigenvalue weighted by Crippen LogP contribution is 1.96. The third-order valence-electron chi connectivity index (χ3n) is 1.83. The third kappa shape index (κ3) is 5.79. The molecule has 1 aromatic rings. The summed E-state index contributed by atoms with van der Waals surface area (Å²) >= 11 is 0. The van der Waals surface area contributed by atoms with E-state index in [4.69, 9.17) is 0 Å². The summed E-state index contributed by atoms with van der Waals surface area (Å²) in [7, 11) is 0. The van der Waals surface area contributed by atoms with Crippen LogP contribution < -0.4 is 5.32 Å². The first-order chi connectivity index (χ1) is 6.29. The smallest absolute Gasteiger partial charge is 0.0208 e. The van der Waals surface area contributed by atoms with Crippen molar-refractivity contribution < 1.29 is 0 Å². The molecule has 1 aromatic carbocycles. The number of hydrogen-bond acceptors (Lipinski definition) is 1. The number of rotatable bonds is 4. The monoisotopic (exact) mass is 211 g/mol. The van der Waals surface area contributed by atoms with Gasteiger partial charge < -0.3 is 5.32 Å². The quantitative estimate of drug-likeness (QED) is 0.596. The molecule has 0 heterocycles. The summed E-state index contributed by atoms with van der Waals surface area (Å²) in [5.41, 5.74) is 2.70. The number of nitrogens with one attached hydrogen (secondary N) is 1. The lowest BCUT2D eigenvalue weighted by Gasteiger charge is -2.01. The molecule has 0 aliphatic rings. The van der Waals surface area contributed by atoms with E-state index < -0.39 is 0 Å². The Bertz CT molecular complexity index is 263. The predicted octanol–water partition coefficient (Wildman–Crippen LogP) is 3.16. The molecule has 0 atom stereocenters. The molecular formula is C12H18ClN. The average Bonchev–Trinajstić information content (AvgIpc) is 2.14. The standard InChI is InChI=1S/C12H17N.ClH/c1-11(2)8-9-13-10-12-6-4-3-5-7-12;/h3-8,13H,9-10H2,1-2H3;1H. The van der Waals surface area contributed by atoms with Crippen molar-refractivity contribution in [3.05, 3.63) is 47.5 Å². The van der Waals surface area contributed by atoms with Gasteiger partial charge in [0.05, 0.1) is 0 Å². The molecule has 0 bridgehead atoms. The summed E-state index contributed by atoms with van der Waals surface area (Å²) in [6.07, 6.45) is 2.20. The molecule has 0 spiro atoms. The minimum absolute atomic E-state index is 0. The lowest BCUT2D eigenvalue weighted by Crippen LogP contribution is -2.12. The van der Waals surface area contributed by atoms with Gasteiger partial charge in [-0.25, -0.2) is 0 Å². The number of benzene rings is 1. The Morgan fingerprint density at radius 1 is 1.21 bits per heavy atom. The first-order valence-corrected chi connectivity index (χ1v) is 4.67. The summed E-state index contributed by atoms with van der Waals surface area (Å²) in [6, 6.07) is 10.4. The van der Waals surface area contributed by atoms with Crippen molar-refractivity contribution in [2.24, 2.45) is 0 Å². The molecule has 1 nitrogen and oxygen atoms in total. The highest BCUT2D eigenvalue weighted by atomic mass is 35.5. The highest BCUT2D eigenvalue weighted by molar-refractivity contribution is 5.85. The number of halogens is 1. The van der Waals surface area contributed by atoms with Crippen molar-refractivity contribution in [1.82, 2.24) is 5.32 Å². The molecule has 0 radical (unpaired) electrons. The van der Waals surface area contributed by atoms with Crippen LogP contribution in [-0.4, -0.2) is 6.54 Å². The van der Waals surface area contributed by atoms with E-state index in [0.29, 0.717) is 0 Å². The molecule has 78 valence electrons. The lowest BCUT2D eigenvalue weighted by atomic mass is 10.2. The van der Waals surface area contributed by atoms with E-state index >= 15 is 0 Å². The van der Waals surface area contributed by atoms with Crippen molar-refractivity contribution in [2.45, 2.75) is 20.4 Å². The highest BCUT2D eigenvalue weighted by Gasteiger charge is 1.87. The van der Waals surface area contributed by atoms with Crippen LogP contribution in [0.2, 0.25) is 0 Å². The van der Waals surface area contributed by atoms with Gasteiger partial charge >= 0.3 is 0 Å². The van der Waals surface area contributed by atoms with Crippen LogP contribution in [0.5, 0.6) is 0 Å². The van der Waals surface area contributed by atoms with Gasteiger partial charge in [0.1, 0.15) is 0 Å². The van der Waals surface area contributed by atoms with Crippen LogP contribution in [0.15, 0.2) is 42.0 Å². The van der Waals surface area contributed by atoms with Gasteiger partial charge in [0, 0.05) is 13.1 Å². The van der Waals surface area contributed by atoms with Crippen LogP contribution in [0, 0.1) is 0 Å². The molecule has 2 heteroatoms. The molecular weight excluding hydrogens is 194 g/mol. The zero-order chi connectivity index (χ0) is 9.52. The maximum Gasteiger partial charge on any atom is 0.0208 e. The third-order valence-corrected chi connectivity index (χ3v) is 1.83. The lowest BCUT2D eigenvalue weighted by molar-refractivity contribution is 0.757. The fourth-order valence-electron chi connectivity index (χ4n) is 1.09. The zero-order valence-corrected chi connectivity index (χ0v) is 9.60. The van der Waals surface area contributed by atoms with E-state index in [-0.39, 0.29) is 12.4 Å². The molecule has 0 aliphatic carbocycles. The molecule has 1 N–H and O–H groups in total. The Kier molecular flexibility index (Phi) is 7.17. The van der Waals surface area contributed by atoms with E-state index in [1.54, 1.807) is 0 Å². The maximum atomic E-state index is 3.36. The van der Waals surface area contributed by atoms with Gasteiger partial charge in [0.15, 0.2) is 0 Å². The largest absolute Gasteiger partial charge is 0.309 e. The second-order valence-electron chi connectivity index (χ2n) is 3.40. The van der Waals surface area contributed by atoms with Crippen LogP contribution in [0.25, 0.3) is 0 Å². The van der Waals surface area contributed by atoms with Crippen molar-refractivity contribution in [3.63, 3.8) is 0 Å². The minimum Gasteiger partial charge on any atom is -0.309 e. The van der Waals surface area contributed by atoms with E-state index in [2.05, 4.69) is 49.5 Å². The zero-order valence-electron chi connectivity index (χ0n) is 8.79. The SMILES string of the molecule is CC(C)=CCNCc1ccccc1.Cl. The van der Waals surface area contributed by atoms with Crippen LogP contribution in [0.1, 0.15) is 19.4 Å². The first-order valence-electron chi connectivity index (χ1n) is 4.67. The summed E-state index contributed by atoms with van der Waals surface area (Å²) in [4.78, 5) is 0. The summed E-state index contributed by atoms with van der Waals surface area (Å²) in [5.74, 6) is 0. The van der Waals surface area contributed by atoms with Crippen molar-refractivity contribution >= 4 is 12.4 Å². The van der Waals surface area contributed by atoms with Gasteiger partial charge in [-0.15, -0.1) is 12.4 Å². The topological polar surface area (TPSA) is 12.0 Å². The van der Waals surface area contributed by atoms with Crippen LogP contribution in [0.3, 0.4) is 0 Å². The second kappa shape index (κ2) is 7.60. The molecule has 0 unspecified atom stereocenters. The Morgan fingerprint density at radius 2 is 1.86 bits per heavy atom. The van der Waals surface area contributed by atoms with E-state index in [1.807, 2.05) is 6.07 Å². The van der Waals surface area contributed by atoms with Crippen LogP contribution in [-0.2, 0) is 6.54 Å². The fourth-order valence-corrected chi connectivity index (χ4v) is 1.09. The number of hydrogen-bond donors (Lipinski definition) is 1. The average molecular weight is 212 g/mol. The van der Waals surface area contributed by atoms with Gasteiger partial charge in [0.2, 0.25) is 0 Å². The van der Waals surface area contributed by atoms with E-state index in [9.17, 15) is 0 Å². The minimum atomic E-state index is 0. The molecule has 1 rings (SSSR count). The van der Waals surface area contributed by atoms with Gasteiger partial charge in [-0.05, 0) is 19.4 Å². The predicted molar refractivity (Wildman–Crippen MR) is 64.8 cm³/mol. The molecule has 14 heavy (non-hydrogen) atoms. The maximum absolute atomic E-state index is 3.36. The van der Waals surface area contributed by atoms with Crippen molar-refractivity contribution in [1.29, 1.82) is 0 Å². The summed E-state index contributed by atoms with van der Waals surface area (Å²) < 4.78 is 0. The Morgan fingerprint density at radius 3 is 2.43 bits per heavy atom. The van der Waals surface area contributed by atoms with Crippen molar-refractivity contribution in [3.8, 4) is 0 Å². The van der Waals surface area contributed by atoms with Crippen molar-refractivity contribution in [2.75, 3.05) is 6.54 Å². The Labute approximate surface area is 92.6 Å². The van der Waals surface area contributed by atoms with E-state index in [0.717, 1.165) is 13.1 Å². The fraction of sp³-hybridized carbons (Fsp3) is 0.333. The second-order valence-corrected chi connectivity index (χ2v) is 3.40. The van der Waals surface area contributed by atoms with Crippen LogP contribution in [0.4, 0.5) is 0 Å².